The molecule has 3 N–H and O–H groups in total. The molecule has 2 aromatic rings. The lowest BCUT2D eigenvalue weighted by Crippen LogP contribution is -2.37. The van der Waals surface area contributed by atoms with E-state index in [9.17, 15) is 4.79 Å². The topological polar surface area (TPSA) is 64.3 Å². The molecule has 104 valence electrons. The molecule has 0 aliphatic heterocycles. The molecule has 5 heteroatoms. The van der Waals surface area contributed by atoms with Crippen LogP contribution in [0.2, 0.25) is 0 Å². The third kappa shape index (κ3) is 3.37. The number of nitrogens with one attached hydrogen (secondary N) is 1. The molecular weight excluding hydrogens is 320 g/mol. The van der Waals surface area contributed by atoms with Gasteiger partial charge in [-0.15, -0.1) is 0 Å². The van der Waals surface area contributed by atoms with Gasteiger partial charge in [-0.05, 0) is 24.6 Å². The first kappa shape index (κ1) is 14.6. The maximum Gasteiger partial charge on any atom is 0.279 e. The summed E-state index contributed by atoms with van der Waals surface area (Å²) in [7, 11) is 0. The smallest absolute Gasteiger partial charge is 0.279 e. The highest BCUT2D eigenvalue weighted by molar-refractivity contribution is 9.10. The number of amides is 1. The van der Waals surface area contributed by atoms with Gasteiger partial charge < -0.3 is 4.74 Å². The molecule has 2 rings (SSSR count). The third-order valence-corrected chi connectivity index (χ3v) is 3.37. The van der Waals surface area contributed by atoms with Crippen molar-refractivity contribution in [1.29, 1.82) is 0 Å². The predicted octanol–water partition coefficient (Wildman–Crippen LogP) is 2.87. The number of carbonyl (C=O) groups excluding carboxylic acids is 1. The molecule has 0 fully saturated rings. The van der Waals surface area contributed by atoms with Gasteiger partial charge in [0.15, 0.2) is 0 Å². The highest BCUT2D eigenvalue weighted by Gasteiger charge is 2.22. The SMILES string of the molecule is Cc1ccc(Br)cc1OC(C(=O)NN)c1ccccc1. The van der Waals surface area contributed by atoms with Gasteiger partial charge in [-0.1, -0.05) is 52.3 Å². The molecule has 1 amide bonds. The number of hydrogen-bond donors (Lipinski definition) is 2. The van der Waals surface area contributed by atoms with Gasteiger partial charge in [0.2, 0.25) is 6.10 Å². The first-order chi connectivity index (χ1) is 9.61. The van der Waals surface area contributed by atoms with Gasteiger partial charge in [-0.3, -0.25) is 10.2 Å². The number of hydrazine groups is 1. The molecule has 0 aromatic heterocycles. The van der Waals surface area contributed by atoms with E-state index in [-0.39, 0.29) is 0 Å². The first-order valence-corrected chi connectivity index (χ1v) is 6.89. The van der Waals surface area contributed by atoms with Crippen molar-refractivity contribution in [3.05, 3.63) is 64.1 Å². The van der Waals surface area contributed by atoms with Gasteiger partial charge in [0.1, 0.15) is 5.75 Å². The number of halogens is 1. The fourth-order valence-electron chi connectivity index (χ4n) is 1.80. The molecule has 0 bridgehead atoms. The normalized spacial score (nSPS) is 11.8. The monoisotopic (exact) mass is 334 g/mol. The Bertz CT molecular complexity index is 602. The summed E-state index contributed by atoms with van der Waals surface area (Å²) in [6, 6.07) is 14.9. The van der Waals surface area contributed by atoms with Gasteiger partial charge in [-0.2, -0.15) is 0 Å². The number of nitrogens with two attached hydrogens (primary N) is 1. The molecular formula is C15H15BrN2O2. The van der Waals surface area contributed by atoms with Crippen LogP contribution in [0, 0.1) is 6.92 Å². The largest absolute Gasteiger partial charge is 0.475 e. The molecule has 0 aliphatic rings. The van der Waals surface area contributed by atoms with Crippen LogP contribution in [0.4, 0.5) is 0 Å². The fraction of sp³-hybridized carbons (Fsp3) is 0.133. The minimum atomic E-state index is -0.783. The lowest BCUT2D eigenvalue weighted by atomic mass is 10.1. The van der Waals surface area contributed by atoms with E-state index in [1.165, 1.54) is 0 Å². The van der Waals surface area contributed by atoms with Crippen molar-refractivity contribution < 1.29 is 9.53 Å². The Morgan fingerprint density at radius 2 is 1.95 bits per heavy atom. The van der Waals surface area contributed by atoms with Gasteiger partial charge in [0.05, 0.1) is 0 Å². The van der Waals surface area contributed by atoms with E-state index in [4.69, 9.17) is 10.6 Å². The van der Waals surface area contributed by atoms with Crippen LogP contribution in [0.25, 0.3) is 0 Å². The van der Waals surface area contributed by atoms with Crippen molar-refractivity contribution in [2.75, 3.05) is 0 Å². The average Bonchev–Trinajstić information content (AvgIpc) is 2.48. The molecule has 1 unspecified atom stereocenters. The van der Waals surface area contributed by atoms with Crippen LogP contribution in [-0.4, -0.2) is 5.91 Å². The highest BCUT2D eigenvalue weighted by Crippen LogP contribution is 2.28. The standard InChI is InChI=1S/C15H15BrN2O2/c1-10-7-8-12(16)9-13(10)20-14(15(19)18-17)11-5-3-2-4-6-11/h2-9,14H,17H2,1H3,(H,18,19). The van der Waals surface area contributed by atoms with E-state index in [0.717, 1.165) is 15.6 Å². The average molecular weight is 335 g/mol. The van der Waals surface area contributed by atoms with Crippen molar-refractivity contribution in [3.63, 3.8) is 0 Å². The quantitative estimate of drug-likeness (QED) is 0.513. The molecule has 1 atom stereocenters. The zero-order valence-electron chi connectivity index (χ0n) is 11.0. The number of rotatable bonds is 4. The minimum Gasteiger partial charge on any atom is -0.475 e. The summed E-state index contributed by atoms with van der Waals surface area (Å²) in [5.74, 6) is 5.49. The summed E-state index contributed by atoms with van der Waals surface area (Å²) < 4.78 is 6.73. The van der Waals surface area contributed by atoms with Gasteiger partial charge in [0.25, 0.3) is 5.91 Å². The van der Waals surface area contributed by atoms with Gasteiger partial charge in [-0.25, -0.2) is 5.84 Å². The third-order valence-electron chi connectivity index (χ3n) is 2.88. The van der Waals surface area contributed by atoms with E-state index in [1.54, 1.807) is 0 Å². The summed E-state index contributed by atoms with van der Waals surface area (Å²) in [5, 5.41) is 0. The van der Waals surface area contributed by atoms with Crippen LogP contribution >= 0.6 is 15.9 Å². The lowest BCUT2D eigenvalue weighted by molar-refractivity contribution is -0.128. The molecule has 4 nitrogen and oxygen atoms in total. The highest BCUT2D eigenvalue weighted by atomic mass is 79.9. The second-order valence-electron chi connectivity index (χ2n) is 4.33. The van der Waals surface area contributed by atoms with E-state index < -0.39 is 12.0 Å². The minimum absolute atomic E-state index is 0.393. The molecule has 2 aromatic carbocycles. The van der Waals surface area contributed by atoms with Crippen LogP contribution in [-0.2, 0) is 4.79 Å². The van der Waals surface area contributed by atoms with Crippen LogP contribution in [0.1, 0.15) is 17.2 Å². The van der Waals surface area contributed by atoms with Crippen molar-refractivity contribution in [2.24, 2.45) is 5.84 Å². The summed E-state index contributed by atoms with van der Waals surface area (Å²) in [6.45, 7) is 1.92. The fourth-order valence-corrected chi connectivity index (χ4v) is 2.14. The van der Waals surface area contributed by atoms with Crippen LogP contribution in [0.15, 0.2) is 53.0 Å². The van der Waals surface area contributed by atoms with E-state index in [0.29, 0.717) is 5.75 Å². The molecule has 0 spiro atoms. The number of benzene rings is 2. The summed E-state index contributed by atoms with van der Waals surface area (Å²) in [4.78, 5) is 11.9. The van der Waals surface area contributed by atoms with Crippen LogP contribution in [0.3, 0.4) is 0 Å². The van der Waals surface area contributed by atoms with Crippen LogP contribution < -0.4 is 16.0 Å². The Hall–Kier alpha value is -1.85. The Morgan fingerprint density at radius 1 is 1.25 bits per heavy atom. The summed E-state index contributed by atoms with van der Waals surface area (Å²) in [6.07, 6.45) is -0.783. The zero-order valence-corrected chi connectivity index (χ0v) is 12.6. The molecule has 20 heavy (non-hydrogen) atoms. The second kappa shape index (κ2) is 6.54. The van der Waals surface area contributed by atoms with Crippen molar-refractivity contribution >= 4 is 21.8 Å². The number of carbonyl (C=O) groups is 1. The Labute approximate surface area is 126 Å². The molecule has 0 aliphatic carbocycles. The summed E-state index contributed by atoms with van der Waals surface area (Å²) in [5.41, 5.74) is 3.83. The van der Waals surface area contributed by atoms with Crippen molar-refractivity contribution in [1.82, 2.24) is 5.43 Å². The number of ether oxygens (including phenoxy) is 1. The molecule has 0 radical (unpaired) electrons. The molecule has 0 heterocycles. The molecule has 0 saturated heterocycles. The number of hydrogen-bond acceptors (Lipinski definition) is 3. The first-order valence-electron chi connectivity index (χ1n) is 6.10. The maximum atomic E-state index is 11.9. The summed E-state index contributed by atoms with van der Waals surface area (Å²) >= 11 is 3.39. The lowest BCUT2D eigenvalue weighted by Gasteiger charge is -2.19. The zero-order chi connectivity index (χ0) is 14.5. The van der Waals surface area contributed by atoms with Crippen molar-refractivity contribution in [2.45, 2.75) is 13.0 Å². The van der Waals surface area contributed by atoms with Crippen molar-refractivity contribution in [3.8, 4) is 5.75 Å². The Kier molecular flexibility index (Phi) is 4.76. The predicted molar refractivity (Wildman–Crippen MR) is 81.0 cm³/mol. The van der Waals surface area contributed by atoms with E-state index in [2.05, 4.69) is 21.4 Å². The molecule has 0 saturated carbocycles. The number of aryl methyl sites for hydroxylation is 1. The maximum absolute atomic E-state index is 11.9. The van der Waals surface area contributed by atoms with Gasteiger partial charge in [0, 0.05) is 10.0 Å². The Morgan fingerprint density at radius 3 is 2.60 bits per heavy atom. The Balaban J connectivity index is 2.34. The second-order valence-corrected chi connectivity index (χ2v) is 5.24. The van der Waals surface area contributed by atoms with Gasteiger partial charge >= 0.3 is 0 Å². The van der Waals surface area contributed by atoms with E-state index >= 15 is 0 Å². The van der Waals surface area contributed by atoms with Crippen LogP contribution in [0.5, 0.6) is 5.75 Å². The van der Waals surface area contributed by atoms with E-state index in [1.807, 2.05) is 55.5 Å².